The van der Waals surface area contributed by atoms with Gasteiger partial charge < -0.3 is 15.2 Å². The predicted molar refractivity (Wildman–Crippen MR) is 63.7 cm³/mol. The second kappa shape index (κ2) is 5.19. The summed E-state index contributed by atoms with van der Waals surface area (Å²) in [5.74, 6) is 0.562. The highest BCUT2D eigenvalue weighted by Crippen LogP contribution is 2.19. The molecule has 0 aliphatic heterocycles. The predicted octanol–water partition coefficient (Wildman–Crippen LogP) is 1.40. The summed E-state index contributed by atoms with van der Waals surface area (Å²) in [7, 11) is 0. The molecule has 1 atom stereocenters. The summed E-state index contributed by atoms with van der Waals surface area (Å²) in [6.07, 6.45) is 1.67. The smallest absolute Gasteiger partial charge is 0.258 e. The van der Waals surface area contributed by atoms with Gasteiger partial charge in [-0.2, -0.15) is 0 Å². The van der Waals surface area contributed by atoms with Gasteiger partial charge in [0.15, 0.2) is 6.61 Å². The van der Waals surface area contributed by atoms with Gasteiger partial charge in [-0.3, -0.25) is 4.79 Å². The first-order valence-corrected chi connectivity index (χ1v) is 5.85. The van der Waals surface area contributed by atoms with Gasteiger partial charge in [0.25, 0.3) is 5.91 Å². The molecule has 2 rings (SSSR count). The zero-order chi connectivity index (χ0) is 12.3. The Labute approximate surface area is 101 Å². The van der Waals surface area contributed by atoms with Crippen molar-refractivity contribution in [1.82, 2.24) is 5.32 Å². The maximum absolute atomic E-state index is 11.4. The van der Waals surface area contributed by atoms with E-state index in [1.807, 2.05) is 0 Å². The first kappa shape index (κ1) is 11.9. The first-order valence-electron chi connectivity index (χ1n) is 5.85. The number of benzene rings is 1. The lowest BCUT2D eigenvalue weighted by atomic mass is 10.1. The number of carbonyl (C=O) groups excluding carboxylic acids is 1. The molecule has 1 aliphatic rings. The van der Waals surface area contributed by atoms with Crippen LogP contribution in [-0.2, 0) is 4.79 Å². The molecule has 1 aliphatic carbocycles. The van der Waals surface area contributed by atoms with Crippen molar-refractivity contribution in [2.24, 2.45) is 0 Å². The summed E-state index contributed by atoms with van der Waals surface area (Å²) in [5, 5.41) is 12.2. The van der Waals surface area contributed by atoms with E-state index in [0.717, 1.165) is 18.4 Å². The number of amides is 1. The Kier molecular flexibility index (Phi) is 3.64. The normalized spacial score (nSPS) is 16.4. The standard InChI is InChI=1S/C13H17NO3/c1-9(15)10-2-6-12(7-3-10)17-8-13(16)14-11-4-5-11/h2-3,6-7,9,11,15H,4-5,8H2,1H3,(H,14,16)/t9-/m0/s1. The van der Waals surface area contributed by atoms with E-state index >= 15 is 0 Å². The van der Waals surface area contributed by atoms with E-state index in [4.69, 9.17) is 4.74 Å². The van der Waals surface area contributed by atoms with Gasteiger partial charge >= 0.3 is 0 Å². The molecule has 0 radical (unpaired) electrons. The fraction of sp³-hybridized carbons (Fsp3) is 0.462. The van der Waals surface area contributed by atoms with Gasteiger partial charge in [0.2, 0.25) is 0 Å². The van der Waals surface area contributed by atoms with Crippen LogP contribution in [-0.4, -0.2) is 23.7 Å². The SMILES string of the molecule is C[C@H](O)c1ccc(OCC(=O)NC2CC2)cc1. The van der Waals surface area contributed by atoms with E-state index in [0.29, 0.717) is 11.8 Å². The first-order chi connectivity index (χ1) is 8.15. The summed E-state index contributed by atoms with van der Waals surface area (Å²) < 4.78 is 5.34. The molecule has 1 saturated carbocycles. The number of hydrogen-bond donors (Lipinski definition) is 2. The molecule has 0 aromatic heterocycles. The Morgan fingerprint density at radius 1 is 1.47 bits per heavy atom. The van der Waals surface area contributed by atoms with Crippen LogP contribution >= 0.6 is 0 Å². The molecule has 1 aromatic carbocycles. The molecule has 4 heteroatoms. The van der Waals surface area contributed by atoms with Crippen LogP contribution < -0.4 is 10.1 Å². The highest BCUT2D eigenvalue weighted by Gasteiger charge is 2.23. The summed E-state index contributed by atoms with van der Waals surface area (Å²) >= 11 is 0. The van der Waals surface area contributed by atoms with E-state index in [1.54, 1.807) is 31.2 Å². The largest absolute Gasteiger partial charge is 0.484 e. The Balaban J connectivity index is 1.79. The van der Waals surface area contributed by atoms with Gasteiger partial charge in [0.05, 0.1) is 6.10 Å². The fourth-order valence-electron chi connectivity index (χ4n) is 1.49. The highest BCUT2D eigenvalue weighted by atomic mass is 16.5. The minimum Gasteiger partial charge on any atom is -0.484 e. The van der Waals surface area contributed by atoms with Crippen LogP contribution in [0, 0.1) is 0 Å². The minimum absolute atomic E-state index is 0.0462. The maximum Gasteiger partial charge on any atom is 0.258 e. The van der Waals surface area contributed by atoms with Crippen molar-refractivity contribution in [3.05, 3.63) is 29.8 Å². The second-order valence-electron chi connectivity index (χ2n) is 4.38. The number of nitrogens with one attached hydrogen (secondary N) is 1. The van der Waals surface area contributed by atoms with Crippen LogP contribution in [0.2, 0.25) is 0 Å². The van der Waals surface area contributed by atoms with Gasteiger partial charge in [0, 0.05) is 6.04 Å². The van der Waals surface area contributed by atoms with Gasteiger partial charge in [0.1, 0.15) is 5.75 Å². The van der Waals surface area contributed by atoms with Crippen LogP contribution in [0.3, 0.4) is 0 Å². The van der Waals surface area contributed by atoms with Gasteiger partial charge in [-0.1, -0.05) is 12.1 Å². The van der Waals surface area contributed by atoms with Crippen LogP contribution in [0.5, 0.6) is 5.75 Å². The molecule has 1 aromatic rings. The third kappa shape index (κ3) is 3.75. The number of aliphatic hydroxyl groups is 1. The lowest BCUT2D eigenvalue weighted by molar-refractivity contribution is -0.123. The van der Waals surface area contributed by atoms with Crippen LogP contribution in [0.4, 0.5) is 0 Å². The topological polar surface area (TPSA) is 58.6 Å². The quantitative estimate of drug-likeness (QED) is 0.811. The zero-order valence-electron chi connectivity index (χ0n) is 9.85. The lowest BCUT2D eigenvalue weighted by Gasteiger charge is -2.08. The molecule has 4 nitrogen and oxygen atoms in total. The Hall–Kier alpha value is -1.55. The van der Waals surface area contributed by atoms with Crippen molar-refractivity contribution in [2.45, 2.75) is 31.9 Å². The molecule has 0 spiro atoms. The third-order valence-corrected chi connectivity index (χ3v) is 2.67. The molecule has 17 heavy (non-hydrogen) atoms. The average molecular weight is 235 g/mol. The van der Waals surface area contributed by atoms with Crippen LogP contribution in [0.15, 0.2) is 24.3 Å². The third-order valence-electron chi connectivity index (χ3n) is 2.67. The summed E-state index contributed by atoms with van der Waals surface area (Å²) in [5.41, 5.74) is 0.833. The number of hydrogen-bond acceptors (Lipinski definition) is 3. The molecule has 2 N–H and O–H groups in total. The van der Waals surface area contributed by atoms with E-state index in [9.17, 15) is 9.90 Å². The minimum atomic E-state index is -0.484. The number of aliphatic hydroxyl groups excluding tert-OH is 1. The van der Waals surface area contributed by atoms with E-state index in [-0.39, 0.29) is 12.5 Å². The van der Waals surface area contributed by atoms with Crippen molar-refractivity contribution < 1.29 is 14.6 Å². The second-order valence-corrected chi connectivity index (χ2v) is 4.38. The Morgan fingerprint density at radius 2 is 2.12 bits per heavy atom. The Morgan fingerprint density at radius 3 is 2.65 bits per heavy atom. The fourth-order valence-corrected chi connectivity index (χ4v) is 1.49. The van der Waals surface area contributed by atoms with Crippen molar-refractivity contribution in [2.75, 3.05) is 6.61 Å². The van der Waals surface area contributed by atoms with E-state index < -0.39 is 6.10 Å². The van der Waals surface area contributed by atoms with Crippen molar-refractivity contribution >= 4 is 5.91 Å². The highest BCUT2D eigenvalue weighted by molar-refractivity contribution is 5.78. The van der Waals surface area contributed by atoms with E-state index in [1.165, 1.54) is 0 Å². The van der Waals surface area contributed by atoms with Gasteiger partial charge in [-0.25, -0.2) is 0 Å². The number of ether oxygens (including phenoxy) is 1. The molecule has 0 heterocycles. The maximum atomic E-state index is 11.4. The number of rotatable bonds is 5. The van der Waals surface area contributed by atoms with Crippen molar-refractivity contribution in [1.29, 1.82) is 0 Å². The molecule has 0 unspecified atom stereocenters. The monoisotopic (exact) mass is 235 g/mol. The lowest BCUT2D eigenvalue weighted by Crippen LogP contribution is -2.30. The zero-order valence-corrected chi connectivity index (χ0v) is 9.85. The van der Waals surface area contributed by atoms with Gasteiger partial charge in [-0.05, 0) is 37.5 Å². The van der Waals surface area contributed by atoms with Crippen molar-refractivity contribution in [3.63, 3.8) is 0 Å². The molecule has 92 valence electrons. The van der Waals surface area contributed by atoms with Crippen molar-refractivity contribution in [3.8, 4) is 5.75 Å². The summed E-state index contributed by atoms with van der Waals surface area (Å²) in [6.45, 7) is 1.75. The summed E-state index contributed by atoms with van der Waals surface area (Å²) in [4.78, 5) is 11.4. The molecular formula is C13H17NO3. The van der Waals surface area contributed by atoms with Gasteiger partial charge in [-0.15, -0.1) is 0 Å². The molecule has 1 amide bonds. The molecule has 1 fully saturated rings. The van der Waals surface area contributed by atoms with E-state index in [2.05, 4.69) is 5.32 Å². The molecular weight excluding hydrogens is 218 g/mol. The number of carbonyl (C=O) groups is 1. The van der Waals surface area contributed by atoms with Crippen LogP contribution in [0.25, 0.3) is 0 Å². The molecule has 0 bridgehead atoms. The average Bonchev–Trinajstić information content (AvgIpc) is 3.11. The Bertz CT molecular complexity index is 382. The van der Waals surface area contributed by atoms with Crippen LogP contribution in [0.1, 0.15) is 31.4 Å². The summed E-state index contributed by atoms with van der Waals surface area (Å²) in [6, 6.07) is 7.46. The molecule has 0 saturated heterocycles.